The van der Waals surface area contributed by atoms with Crippen LogP contribution >= 0.6 is 0 Å². The first-order valence-electron chi connectivity index (χ1n) is 7.61. The highest BCUT2D eigenvalue weighted by Crippen LogP contribution is 2.37. The van der Waals surface area contributed by atoms with Crippen molar-refractivity contribution in [2.75, 3.05) is 27.2 Å². The Kier molecular flexibility index (Phi) is 3.85. The SMILES string of the molecule is COc1ncccc1CN1CCC[C@]2(CCC(=O)N2C)C1. The summed E-state index contributed by atoms with van der Waals surface area (Å²) in [6, 6.07) is 4.01. The molecule has 0 unspecified atom stereocenters. The second-order valence-electron chi connectivity index (χ2n) is 6.16. The van der Waals surface area contributed by atoms with Crippen molar-refractivity contribution < 1.29 is 9.53 Å². The molecule has 0 aromatic carbocycles. The summed E-state index contributed by atoms with van der Waals surface area (Å²) in [4.78, 5) is 20.6. The fourth-order valence-electron chi connectivity index (χ4n) is 3.73. The zero-order valence-corrected chi connectivity index (χ0v) is 12.8. The van der Waals surface area contributed by atoms with Crippen LogP contribution in [0.3, 0.4) is 0 Å². The number of hydrogen-bond donors (Lipinski definition) is 0. The van der Waals surface area contributed by atoms with E-state index in [1.807, 2.05) is 18.0 Å². The van der Waals surface area contributed by atoms with Gasteiger partial charge in [-0.1, -0.05) is 6.07 Å². The van der Waals surface area contributed by atoms with Gasteiger partial charge in [0.1, 0.15) is 0 Å². The fraction of sp³-hybridized carbons (Fsp3) is 0.625. The lowest BCUT2D eigenvalue weighted by atomic mass is 9.86. The molecule has 0 radical (unpaired) electrons. The Labute approximate surface area is 125 Å². The maximum Gasteiger partial charge on any atom is 0.222 e. The summed E-state index contributed by atoms with van der Waals surface area (Å²) in [5.74, 6) is 0.990. The van der Waals surface area contributed by atoms with Gasteiger partial charge in [0.25, 0.3) is 0 Å². The van der Waals surface area contributed by atoms with Crippen molar-refractivity contribution in [2.45, 2.75) is 37.8 Å². The third-order valence-electron chi connectivity index (χ3n) is 4.96. The highest BCUT2D eigenvalue weighted by atomic mass is 16.5. The molecule has 2 aliphatic heterocycles. The first-order chi connectivity index (χ1) is 10.1. The first kappa shape index (κ1) is 14.3. The molecule has 2 saturated heterocycles. The lowest BCUT2D eigenvalue weighted by Crippen LogP contribution is -2.54. The largest absolute Gasteiger partial charge is 0.481 e. The standard InChI is InChI=1S/C16H23N3O2/c1-18-14(20)6-8-16(18)7-4-10-19(12-16)11-13-5-3-9-17-15(13)21-2/h3,5,9H,4,6-8,10-12H2,1-2H3/t16-/m0/s1. The molecule has 1 aromatic heterocycles. The number of likely N-dealkylation sites (N-methyl/N-ethyl adjacent to an activating group) is 1. The minimum atomic E-state index is 0.0464. The number of carbonyl (C=O) groups excluding carboxylic acids is 1. The van der Waals surface area contributed by atoms with Gasteiger partial charge < -0.3 is 9.64 Å². The molecule has 0 N–H and O–H groups in total. The third-order valence-corrected chi connectivity index (χ3v) is 4.96. The van der Waals surface area contributed by atoms with Gasteiger partial charge >= 0.3 is 0 Å². The van der Waals surface area contributed by atoms with Crippen LogP contribution in [0.5, 0.6) is 5.88 Å². The van der Waals surface area contributed by atoms with Gasteiger partial charge in [0.15, 0.2) is 0 Å². The molecule has 0 bridgehead atoms. The Hall–Kier alpha value is -1.62. The van der Waals surface area contributed by atoms with Gasteiger partial charge in [0.2, 0.25) is 11.8 Å². The minimum Gasteiger partial charge on any atom is -0.481 e. The molecule has 0 aliphatic carbocycles. The van der Waals surface area contributed by atoms with E-state index < -0.39 is 0 Å². The van der Waals surface area contributed by atoms with Gasteiger partial charge in [-0.15, -0.1) is 0 Å². The Bertz CT molecular complexity index is 534. The van der Waals surface area contributed by atoms with Crippen molar-refractivity contribution in [3.05, 3.63) is 23.9 Å². The number of hydrogen-bond acceptors (Lipinski definition) is 4. The summed E-state index contributed by atoms with van der Waals surface area (Å²) in [6.07, 6.45) is 5.70. The van der Waals surface area contributed by atoms with Crippen LogP contribution in [-0.4, -0.2) is 53.5 Å². The van der Waals surface area contributed by atoms with Crippen LogP contribution in [0.1, 0.15) is 31.2 Å². The Balaban J connectivity index is 1.74. The summed E-state index contributed by atoms with van der Waals surface area (Å²) in [5, 5.41) is 0. The highest BCUT2D eigenvalue weighted by molar-refractivity contribution is 5.79. The van der Waals surface area contributed by atoms with Gasteiger partial charge in [-0.05, 0) is 31.9 Å². The third kappa shape index (κ3) is 2.62. The minimum absolute atomic E-state index is 0.0464. The maximum atomic E-state index is 11.9. The van der Waals surface area contributed by atoms with Gasteiger partial charge in [0, 0.05) is 38.3 Å². The number of rotatable bonds is 3. The summed E-state index contributed by atoms with van der Waals surface area (Å²) >= 11 is 0. The van der Waals surface area contributed by atoms with Crippen LogP contribution in [0.2, 0.25) is 0 Å². The number of piperidine rings is 1. The number of aromatic nitrogens is 1. The second-order valence-corrected chi connectivity index (χ2v) is 6.16. The molecule has 1 amide bonds. The number of amides is 1. The molecular formula is C16H23N3O2. The Morgan fingerprint density at radius 3 is 3.00 bits per heavy atom. The molecule has 2 aliphatic rings. The topological polar surface area (TPSA) is 45.7 Å². The van der Waals surface area contributed by atoms with E-state index in [-0.39, 0.29) is 11.4 Å². The zero-order valence-electron chi connectivity index (χ0n) is 12.8. The Morgan fingerprint density at radius 2 is 2.29 bits per heavy atom. The second kappa shape index (κ2) is 5.64. The molecule has 3 rings (SSSR count). The molecular weight excluding hydrogens is 266 g/mol. The van der Waals surface area contributed by atoms with Crippen molar-refractivity contribution in [3.63, 3.8) is 0 Å². The van der Waals surface area contributed by atoms with Crippen molar-refractivity contribution in [1.82, 2.24) is 14.8 Å². The van der Waals surface area contributed by atoms with Crippen molar-refractivity contribution >= 4 is 5.91 Å². The van der Waals surface area contributed by atoms with Crippen LogP contribution in [0.15, 0.2) is 18.3 Å². The molecule has 5 nitrogen and oxygen atoms in total. The van der Waals surface area contributed by atoms with E-state index >= 15 is 0 Å². The number of likely N-dealkylation sites (tertiary alicyclic amines) is 2. The van der Waals surface area contributed by atoms with Crippen LogP contribution in [-0.2, 0) is 11.3 Å². The van der Waals surface area contributed by atoms with Crippen LogP contribution in [0.25, 0.3) is 0 Å². The van der Waals surface area contributed by atoms with E-state index in [2.05, 4.69) is 16.0 Å². The van der Waals surface area contributed by atoms with Crippen LogP contribution in [0, 0.1) is 0 Å². The number of carbonyl (C=O) groups is 1. The summed E-state index contributed by atoms with van der Waals surface area (Å²) < 4.78 is 5.34. The number of pyridine rings is 1. The smallest absolute Gasteiger partial charge is 0.222 e. The molecule has 3 heterocycles. The van der Waals surface area contributed by atoms with E-state index in [1.54, 1.807) is 13.3 Å². The average Bonchev–Trinajstić information content (AvgIpc) is 2.77. The highest BCUT2D eigenvalue weighted by Gasteiger charge is 2.45. The average molecular weight is 289 g/mol. The monoisotopic (exact) mass is 289 g/mol. The number of nitrogens with zero attached hydrogens (tertiary/aromatic N) is 3. The molecule has 1 spiro atoms. The van der Waals surface area contributed by atoms with E-state index in [1.165, 1.54) is 0 Å². The maximum absolute atomic E-state index is 11.9. The lowest BCUT2D eigenvalue weighted by molar-refractivity contribution is -0.130. The van der Waals surface area contributed by atoms with Gasteiger partial charge in [0.05, 0.1) is 12.6 Å². The number of ether oxygens (including phenoxy) is 1. The van der Waals surface area contributed by atoms with Crippen molar-refractivity contribution in [2.24, 2.45) is 0 Å². The van der Waals surface area contributed by atoms with E-state index in [0.717, 1.165) is 44.5 Å². The molecule has 1 aromatic rings. The first-order valence-corrected chi connectivity index (χ1v) is 7.61. The molecule has 21 heavy (non-hydrogen) atoms. The molecule has 0 saturated carbocycles. The molecule has 114 valence electrons. The molecule has 5 heteroatoms. The Morgan fingerprint density at radius 1 is 1.43 bits per heavy atom. The van der Waals surface area contributed by atoms with E-state index in [0.29, 0.717) is 12.3 Å². The zero-order chi connectivity index (χ0) is 14.9. The predicted octanol–water partition coefficient (Wildman–Crippen LogP) is 1.68. The van der Waals surface area contributed by atoms with Crippen LogP contribution in [0.4, 0.5) is 0 Å². The van der Waals surface area contributed by atoms with Crippen LogP contribution < -0.4 is 4.74 Å². The normalized spacial score (nSPS) is 26.6. The van der Waals surface area contributed by atoms with Gasteiger partial charge in [-0.2, -0.15) is 0 Å². The summed E-state index contributed by atoms with van der Waals surface area (Å²) in [7, 11) is 3.62. The summed E-state index contributed by atoms with van der Waals surface area (Å²) in [6.45, 7) is 2.86. The van der Waals surface area contributed by atoms with Crippen molar-refractivity contribution in [1.29, 1.82) is 0 Å². The molecule has 2 fully saturated rings. The summed E-state index contributed by atoms with van der Waals surface area (Å²) in [5.41, 5.74) is 1.16. The lowest BCUT2D eigenvalue weighted by Gasteiger charge is -2.44. The number of methoxy groups -OCH3 is 1. The van der Waals surface area contributed by atoms with E-state index in [4.69, 9.17) is 4.74 Å². The van der Waals surface area contributed by atoms with Gasteiger partial charge in [-0.3, -0.25) is 9.69 Å². The van der Waals surface area contributed by atoms with Crippen molar-refractivity contribution in [3.8, 4) is 5.88 Å². The van der Waals surface area contributed by atoms with E-state index in [9.17, 15) is 4.79 Å². The van der Waals surface area contributed by atoms with Gasteiger partial charge in [-0.25, -0.2) is 4.98 Å². The predicted molar refractivity (Wildman–Crippen MR) is 80.0 cm³/mol. The quantitative estimate of drug-likeness (QED) is 0.849. The fourth-order valence-corrected chi connectivity index (χ4v) is 3.73. The molecule has 1 atom stereocenters.